The zero-order chi connectivity index (χ0) is 11.8. The van der Waals surface area contributed by atoms with Gasteiger partial charge in [-0.1, -0.05) is 19.1 Å². The number of carbonyl (C=O) groups excluding carboxylic acids is 1. The summed E-state index contributed by atoms with van der Waals surface area (Å²) in [6.07, 6.45) is 1.50. The molecule has 0 aliphatic carbocycles. The summed E-state index contributed by atoms with van der Waals surface area (Å²) < 4.78 is 0. The second-order valence-electron chi connectivity index (χ2n) is 3.75. The molecule has 3 nitrogen and oxygen atoms in total. The molecule has 0 aliphatic rings. The quantitative estimate of drug-likeness (QED) is 0.773. The second kappa shape index (κ2) is 6.88. The van der Waals surface area contributed by atoms with Crippen LogP contribution in [0.5, 0.6) is 0 Å². The lowest BCUT2D eigenvalue weighted by Gasteiger charge is -2.06. The molecule has 88 valence electrons. The van der Waals surface area contributed by atoms with Gasteiger partial charge in [0, 0.05) is 25.2 Å². The smallest absolute Gasteiger partial charge is 0.220 e. The SMILES string of the molecule is CCCC(=O)NCc1ccc(NCC)cc1. The molecule has 0 unspecified atom stereocenters. The van der Waals surface area contributed by atoms with Gasteiger partial charge in [-0.05, 0) is 31.0 Å². The highest BCUT2D eigenvalue weighted by Crippen LogP contribution is 2.08. The van der Waals surface area contributed by atoms with Crippen molar-refractivity contribution in [1.29, 1.82) is 0 Å². The summed E-state index contributed by atoms with van der Waals surface area (Å²) in [6.45, 7) is 5.61. The van der Waals surface area contributed by atoms with Gasteiger partial charge in [0.1, 0.15) is 0 Å². The first kappa shape index (κ1) is 12.6. The molecule has 0 aliphatic heterocycles. The summed E-state index contributed by atoms with van der Waals surface area (Å²) in [5.74, 6) is 0.123. The van der Waals surface area contributed by atoms with Crippen LogP contribution in [0, 0.1) is 0 Å². The molecule has 3 heteroatoms. The van der Waals surface area contributed by atoms with Crippen LogP contribution in [-0.2, 0) is 11.3 Å². The van der Waals surface area contributed by atoms with Crippen LogP contribution in [0.15, 0.2) is 24.3 Å². The summed E-state index contributed by atoms with van der Waals surface area (Å²) in [6, 6.07) is 8.13. The third-order valence-electron chi connectivity index (χ3n) is 2.30. The van der Waals surface area contributed by atoms with Crippen LogP contribution in [0.2, 0.25) is 0 Å². The van der Waals surface area contributed by atoms with Crippen molar-refractivity contribution in [3.63, 3.8) is 0 Å². The van der Waals surface area contributed by atoms with Gasteiger partial charge in [0.2, 0.25) is 5.91 Å². The lowest BCUT2D eigenvalue weighted by molar-refractivity contribution is -0.121. The molecule has 0 heterocycles. The molecule has 0 fully saturated rings. The molecular weight excluding hydrogens is 200 g/mol. The van der Waals surface area contributed by atoms with E-state index in [0.717, 1.165) is 24.2 Å². The number of hydrogen-bond acceptors (Lipinski definition) is 2. The maximum Gasteiger partial charge on any atom is 0.220 e. The van der Waals surface area contributed by atoms with Crippen molar-refractivity contribution in [2.45, 2.75) is 33.2 Å². The van der Waals surface area contributed by atoms with Gasteiger partial charge in [0.15, 0.2) is 0 Å². The minimum Gasteiger partial charge on any atom is -0.385 e. The maximum absolute atomic E-state index is 11.3. The van der Waals surface area contributed by atoms with Crippen LogP contribution in [0.4, 0.5) is 5.69 Å². The third kappa shape index (κ3) is 4.34. The number of anilines is 1. The van der Waals surface area contributed by atoms with E-state index in [9.17, 15) is 4.79 Å². The van der Waals surface area contributed by atoms with Gasteiger partial charge in [-0.3, -0.25) is 4.79 Å². The molecule has 0 aromatic heterocycles. The van der Waals surface area contributed by atoms with E-state index in [4.69, 9.17) is 0 Å². The fourth-order valence-corrected chi connectivity index (χ4v) is 1.46. The minimum atomic E-state index is 0.123. The maximum atomic E-state index is 11.3. The Labute approximate surface area is 97.2 Å². The molecule has 1 aromatic carbocycles. The molecule has 16 heavy (non-hydrogen) atoms. The molecule has 0 spiro atoms. The zero-order valence-electron chi connectivity index (χ0n) is 10.0. The predicted octanol–water partition coefficient (Wildman–Crippen LogP) is 2.53. The Balaban J connectivity index is 2.40. The van der Waals surface area contributed by atoms with E-state index in [2.05, 4.69) is 17.6 Å². The van der Waals surface area contributed by atoms with Crippen LogP contribution in [-0.4, -0.2) is 12.5 Å². The van der Waals surface area contributed by atoms with E-state index in [1.165, 1.54) is 0 Å². The van der Waals surface area contributed by atoms with Crippen LogP contribution >= 0.6 is 0 Å². The number of benzene rings is 1. The number of rotatable bonds is 6. The van der Waals surface area contributed by atoms with Gasteiger partial charge >= 0.3 is 0 Å². The van der Waals surface area contributed by atoms with E-state index in [1.54, 1.807) is 0 Å². The van der Waals surface area contributed by atoms with Gasteiger partial charge < -0.3 is 10.6 Å². The van der Waals surface area contributed by atoms with Gasteiger partial charge in [-0.2, -0.15) is 0 Å². The van der Waals surface area contributed by atoms with Crippen molar-refractivity contribution in [3.05, 3.63) is 29.8 Å². The van der Waals surface area contributed by atoms with Crippen molar-refractivity contribution < 1.29 is 4.79 Å². The minimum absolute atomic E-state index is 0.123. The number of carbonyl (C=O) groups is 1. The Bertz CT molecular complexity index is 319. The highest BCUT2D eigenvalue weighted by molar-refractivity contribution is 5.75. The lowest BCUT2D eigenvalue weighted by Crippen LogP contribution is -2.21. The largest absolute Gasteiger partial charge is 0.385 e. The normalized spacial score (nSPS) is 9.88. The summed E-state index contributed by atoms with van der Waals surface area (Å²) in [7, 11) is 0. The standard InChI is InChI=1S/C13H20N2O/c1-3-5-13(16)15-10-11-6-8-12(9-7-11)14-4-2/h6-9,14H,3-5,10H2,1-2H3,(H,15,16). The molecule has 1 aromatic rings. The molecule has 1 amide bonds. The zero-order valence-corrected chi connectivity index (χ0v) is 10.0. The molecule has 0 saturated heterocycles. The number of amides is 1. The Morgan fingerprint density at radius 1 is 1.19 bits per heavy atom. The summed E-state index contributed by atoms with van der Waals surface area (Å²) >= 11 is 0. The summed E-state index contributed by atoms with van der Waals surface area (Å²) in [4.78, 5) is 11.3. The average Bonchev–Trinajstić information content (AvgIpc) is 2.29. The monoisotopic (exact) mass is 220 g/mol. The van der Waals surface area contributed by atoms with Crippen molar-refractivity contribution >= 4 is 11.6 Å². The van der Waals surface area contributed by atoms with E-state index in [0.29, 0.717) is 13.0 Å². The first-order chi connectivity index (χ1) is 7.76. The van der Waals surface area contributed by atoms with E-state index < -0.39 is 0 Å². The second-order valence-corrected chi connectivity index (χ2v) is 3.75. The Morgan fingerprint density at radius 2 is 1.88 bits per heavy atom. The Morgan fingerprint density at radius 3 is 2.44 bits per heavy atom. The third-order valence-corrected chi connectivity index (χ3v) is 2.30. The van der Waals surface area contributed by atoms with Crippen molar-refractivity contribution in [2.24, 2.45) is 0 Å². The fraction of sp³-hybridized carbons (Fsp3) is 0.462. The van der Waals surface area contributed by atoms with Gasteiger partial charge in [0.25, 0.3) is 0 Å². The highest BCUT2D eigenvalue weighted by atomic mass is 16.1. The molecule has 0 radical (unpaired) electrons. The molecule has 0 atom stereocenters. The van der Waals surface area contributed by atoms with Crippen molar-refractivity contribution in [2.75, 3.05) is 11.9 Å². The van der Waals surface area contributed by atoms with Crippen LogP contribution in [0.1, 0.15) is 32.3 Å². The molecule has 1 rings (SSSR count). The van der Waals surface area contributed by atoms with Crippen LogP contribution < -0.4 is 10.6 Å². The van der Waals surface area contributed by atoms with Crippen LogP contribution in [0.25, 0.3) is 0 Å². The van der Waals surface area contributed by atoms with Gasteiger partial charge in [-0.25, -0.2) is 0 Å². The number of hydrogen-bond donors (Lipinski definition) is 2. The molecule has 0 bridgehead atoms. The molecule has 0 saturated carbocycles. The van der Waals surface area contributed by atoms with E-state index in [1.807, 2.05) is 31.2 Å². The summed E-state index contributed by atoms with van der Waals surface area (Å²) in [5.41, 5.74) is 2.25. The molecular formula is C13H20N2O. The topological polar surface area (TPSA) is 41.1 Å². The van der Waals surface area contributed by atoms with E-state index in [-0.39, 0.29) is 5.91 Å². The number of nitrogens with one attached hydrogen (secondary N) is 2. The first-order valence-electron chi connectivity index (χ1n) is 5.85. The van der Waals surface area contributed by atoms with Gasteiger partial charge in [0.05, 0.1) is 0 Å². The van der Waals surface area contributed by atoms with Crippen LogP contribution in [0.3, 0.4) is 0 Å². The van der Waals surface area contributed by atoms with Crippen molar-refractivity contribution in [3.8, 4) is 0 Å². The Kier molecular flexibility index (Phi) is 5.40. The van der Waals surface area contributed by atoms with Gasteiger partial charge in [-0.15, -0.1) is 0 Å². The first-order valence-corrected chi connectivity index (χ1v) is 5.85. The fourth-order valence-electron chi connectivity index (χ4n) is 1.46. The van der Waals surface area contributed by atoms with Crippen molar-refractivity contribution in [1.82, 2.24) is 5.32 Å². The lowest BCUT2D eigenvalue weighted by atomic mass is 10.2. The summed E-state index contributed by atoms with van der Waals surface area (Å²) in [5, 5.41) is 6.12. The average molecular weight is 220 g/mol. The highest BCUT2D eigenvalue weighted by Gasteiger charge is 1.99. The van der Waals surface area contributed by atoms with E-state index >= 15 is 0 Å². The molecule has 2 N–H and O–H groups in total. The predicted molar refractivity (Wildman–Crippen MR) is 67.4 cm³/mol. The Hall–Kier alpha value is -1.51.